The first kappa shape index (κ1) is 19.8. The monoisotopic (exact) mass is 428 g/mol. The van der Waals surface area contributed by atoms with Gasteiger partial charge in [0.1, 0.15) is 5.82 Å². The summed E-state index contributed by atoms with van der Waals surface area (Å²) in [6.45, 7) is 3.94. The van der Waals surface area contributed by atoms with Crippen molar-refractivity contribution in [3.8, 4) is 16.9 Å². The molecule has 0 N–H and O–H groups in total. The Morgan fingerprint density at radius 3 is 2.32 bits per heavy atom. The van der Waals surface area contributed by atoms with Crippen molar-refractivity contribution in [1.82, 2.24) is 15.0 Å². The van der Waals surface area contributed by atoms with E-state index in [0.717, 1.165) is 49.4 Å². The van der Waals surface area contributed by atoms with E-state index in [1.807, 2.05) is 12.4 Å². The molecule has 162 valence electrons. The topological polar surface area (TPSA) is 51.1 Å². The minimum absolute atomic E-state index is 0. The highest BCUT2D eigenvalue weighted by Gasteiger charge is 2.56. The lowest BCUT2D eigenvalue weighted by atomic mass is 10.1. The number of halogens is 3. The highest BCUT2D eigenvalue weighted by atomic mass is 19.1. The molecule has 3 heterocycles. The summed E-state index contributed by atoms with van der Waals surface area (Å²) in [7, 11) is 0. The normalized spacial score (nSPS) is 21.8. The number of pyridine rings is 1. The van der Waals surface area contributed by atoms with Crippen molar-refractivity contribution in [2.45, 2.75) is 13.3 Å². The van der Waals surface area contributed by atoms with E-state index in [-0.39, 0.29) is 25.1 Å². The maximum atomic E-state index is 14.5. The van der Waals surface area contributed by atoms with Crippen molar-refractivity contribution in [2.75, 3.05) is 24.6 Å². The molecule has 1 saturated heterocycles. The summed E-state index contributed by atoms with van der Waals surface area (Å²) in [5, 5.41) is 0. The largest absolute Gasteiger partial charge is 0.487 e. The fraction of sp³-hybridized carbons (Fsp3) is 0.348. The van der Waals surface area contributed by atoms with Crippen LogP contribution >= 0.6 is 0 Å². The van der Waals surface area contributed by atoms with Gasteiger partial charge in [-0.25, -0.2) is 23.1 Å². The average Bonchev–Trinajstić information content (AvgIpc) is 3.22. The molecule has 0 amide bonds. The number of nitrogens with zero attached hydrogens (tertiary/aromatic N) is 4. The van der Waals surface area contributed by atoms with Gasteiger partial charge in [0, 0.05) is 44.6 Å². The van der Waals surface area contributed by atoms with Gasteiger partial charge in [0.15, 0.2) is 17.4 Å². The Hall–Kier alpha value is -3.16. The first-order chi connectivity index (χ1) is 15.0. The van der Waals surface area contributed by atoms with Crippen LogP contribution in [0.3, 0.4) is 0 Å². The van der Waals surface area contributed by atoms with Crippen molar-refractivity contribution >= 4 is 5.95 Å². The summed E-state index contributed by atoms with van der Waals surface area (Å²) in [5.41, 5.74) is 1.29. The van der Waals surface area contributed by atoms with Gasteiger partial charge in [-0.15, -0.1) is 0 Å². The Bertz CT molecular complexity index is 1080. The molecule has 0 spiro atoms. The molecule has 5 nitrogen and oxygen atoms in total. The number of benzene rings is 1. The molecule has 3 aromatic rings. The second-order valence-corrected chi connectivity index (χ2v) is 8.08. The second kappa shape index (κ2) is 7.83. The lowest BCUT2D eigenvalue weighted by molar-refractivity contribution is 0.257. The standard InChI is InChI=1S/C23H21F3N4O.H2/c1-2-13-7-28-23(29-8-13)30-10-16-17(11-30)18(16)12-31-22-19(24)5-14(6-20(22)25)15-3-4-27-9-21(15)26;/h3-9,16-18H,2,10-12H2,1H3;1H/t16-,17?,18?;/m1./s1. The van der Waals surface area contributed by atoms with E-state index in [4.69, 9.17) is 4.74 Å². The summed E-state index contributed by atoms with van der Waals surface area (Å²) in [5.74, 6) is -0.956. The molecule has 2 aromatic heterocycles. The molecule has 0 bridgehead atoms. The van der Waals surface area contributed by atoms with Crippen LogP contribution in [0.4, 0.5) is 19.1 Å². The van der Waals surface area contributed by atoms with Crippen molar-refractivity contribution < 1.29 is 19.3 Å². The first-order valence-electron chi connectivity index (χ1n) is 10.3. The molecule has 5 rings (SSSR count). The van der Waals surface area contributed by atoms with Gasteiger partial charge in [0.25, 0.3) is 0 Å². The van der Waals surface area contributed by atoms with Crippen molar-refractivity contribution in [2.24, 2.45) is 17.8 Å². The number of anilines is 1. The van der Waals surface area contributed by atoms with Gasteiger partial charge in [-0.05, 0) is 47.6 Å². The molecule has 2 aliphatic rings. The number of ether oxygens (including phenoxy) is 1. The Balaban J connectivity index is 0.00000245. The van der Waals surface area contributed by atoms with Crippen LogP contribution in [0.5, 0.6) is 5.75 Å². The molecule has 1 aromatic carbocycles. The highest BCUT2D eigenvalue weighted by Crippen LogP contribution is 2.52. The van der Waals surface area contributed by atoms with Crippen LogP contribution in [0.2, 0.25) is 0 Å². The smallest absolute Gasteiger partial charge is 0.225 e. The van der Waals surface area contributed by atoms with Crippen molar-refractivity contribution in [3.05, 3.63) is 66.0 Å². The van der Waals surface area contributed by atoms with E-state index < -0.39 is 23.2 Å². The first-order valence-corrected chi connectivity index (χ1v) is 10.3. The van der Waals surface area contributed by atoms with Gasteiger partial charge >= 0.3 is 0 Å². The van der Waals surface area contributed by atoms with E-state index in [2.05, 4.69) is 26.8 Å². The molecule has 3 atom stereocenters. The Kier molecular flexibility index (Phi) is 5.00. The van der Waals surface area contributed by atoms with Crippen LogP contribution in [0, 0.1) is 35.2 Å². The van der Waals surface area contributed by atoms with Crippen LogP contribution in [-0.2, 0) is 6.42 Å². The Morgan fingerprint density at radius 2 is 1.71 bits per heavy atom. The molecular formula is C23H23F3N4O. The molecule has 8 heteroatoms. The van der Waals surface area contributed by atoms with Crippen molar-refractivity contribution in [1.29, 1.82) is 0 Å². The minimum atomic E-state index is -0.844. The quantitative estimate of drug-likeness (QED) is 0.578. The summed E-state index contributed by atoms with van der Waals surface area (Å²) < 4.78 is 48.4. The molecule has 2 unspecified atom stereocenters. The zero-order valence-corrected chi connectivity index (χ0v) is 16.9. The number of hydrogen-bond donors (Lipinski definition) is 0. The number of hydrogen-bond acceptors (Lipinski definition) is 5. The maximum Gasteiger partial charge on any atom is 0.225 e. The SMILES string of the molecule is CCc1cnc(N2CC3C(COc4c(F)cc(-c5ccncc5F)cc4F)[C@@H]3C2)nc1.[HH]. The summed E-state index contributed by atoms with van der Waals surface area (Å²) in [6, 6.07) is 3.55. The van der Waals surface area contributed by atoms with E-state index in [0.29, 0.717) is 11.8 Å². The van der Waals surface area contributed by atoms with Crippen LogP contribution in [0.1, 0.15) is 13.9 Å². The van der Waals surface area contributed by atoms with E-state index in [1.54, 1.807) is 0 Å². The van der Waals surface area contributed by atoms with Crippen LogP contribution in [-0.4, -0.2) is 34.6 Å². The molecule has 1 saturated carbocycles. The third-order valence-corrected chi connectivity index (χ3v) is 6.26. The average molecular weight is 428 g/mol. The molecule has 1 aliphatic heterocycles. The summed E-state index contributed by atoms with van der Waals surface area (Å²) in [6.07, 6.45) is 6.97. The fourth-order valence-corrected chi connectivity index (χ4v) is 4.40. The third kappa shape index (κ3) is 3.71. The van der Waals surface area contributed by atoms with Gasteiger partial charge in [0.05, 0.1) is 12.8 Å². The fourth-order valence-electron chi connectivity index (χ4n) is 4.40. The Labute approximate surface area is 179 Å². The zero-order valence-electron chi connectivity index (χ0n) is 16.9. The predicted octanol–water partition coefficient (Wildman–Crippen LogP) is 4.53. The Morgan fingerprint density at radius 1 is 1.03 bits per heavy atom. The number of rotatable bonds is 6. The number of piperidine rings is 1. The van der Waals surface area contributed by atoms with Gasteiger partial charge in [0.2, 0.25) is 5.95 Å². The lowest BCUT2D eigenvalue weighted by Gasteiger charge is -2.20. The molecule has 2 fully saturated rings. The summed E-state index contributed by atoms with van der Waals surface area (Å²) in [4.78, 5) is 14.6. The van der Waals surface area contributed by atoms with Crippen LogP contribution in [0.25, 0.3) is 11.1 Å². The van der Waals surface area contributed by atoms with Gasteiger partial charge in [-0.2, -0.15) is 0 Å². The van der Waals surface area contributed by atoms with Gasteiger partial charge in [-0.3, -0.25) is 4.98 Å². The summed E-state index contributed by atoms with van der Waals surface area (Å²) >= 11 is 0. The number of aryl methyl sites for hydroxylation is 1. The second-order valence-electron chi connectivity index (χ2n) is 8.08. The van der Waals surface area contributed by atoms with Crippen LogP contribution < -0.4 is 9.64 Å². The molecular weight excluding hydrogens is 405 g/mol. The van der Waals surface area contributed by atoms with E-state index >= 15 is 0 Å². The molecule has 0 radical (unpaired) electrons. The van der Waals surface area contributed by atoms with E-state index in [9.17, 15) is 13.2 Å². The van der Waals surface area contributed by atoms with Gasteiger partial charge in [-0.1, -0.05) is 6.92 Å². The number of aromatic nitrogens is 3. The van der Waals surface area contributed by atoms with E-state index in [1.165, 1.54) is 12.3 Å². The van der Waals surface area contributed by atoms with Crippen LogP contribution in [0.15, 0.2) is 43.0 Å². The molecule has 1 aliphatic carbocycles. The van der Waals surface area contributed by atoms with Crippen molar-refractivity contribution in [3.63, 3.8) is 0 Å². The highest BCUT2D eigenvalue weighted by molar-refractivity contribution is 5.64. The third-order valence-electron chi connectivity index (χ3n) is 6.26. The zero-order chi connectivity index (χ0) is 21.5. The molecule has 31 heavy (non-hydrogen) atoms. The van der Waals surface area contributed by atoms with Gasteiger partial charge < -0.3 is 9.64 Å². The maximum absolute atomic E-state index is 14.5. The minimum Gasteiger partial charge on any atom is -0.487 e. The predicted molar refractivity (Wildman–Crippen MR) is 111 cm³/mol. The number of fused-ring (bicyclic) bond motifs is 1. The lowest BCUT2D eigenvalue weighted by Crippen LogP contribution is -2.27.